The number of aliphatic hydroxyl groups is 1. The van der Waals surface area contributed by atoms with E-state index in [0.29, 0.717) is 53.4 Å². The van der Waals surface area contributed by atoms with Crippen molar-refractivity contribution in [2.75, 3.05) is 19.2 Å². The van der Waals surface area contributed by atoms with Gasteiger partial charge < -0.3 is 14.6 Å². The second kappa shape index (κ2) is 9.53. The van der Waals surface area contributed by atoms with Gasteiger partial charge in [-0.05, 0) is 37.0 Å². The zero-order valence-electron chi connectivity index (χ0n) is 14.5. The van der Waals surface area contributed by atoms with Gasteiger partial charge in [-0.3, -0.25) is 9.00 Å². The molecule has 1 aliphatic rings. The fraction of sp³-hybridized carbons (Fsp3) is 0.421. The van der Waals surface area contributed by atoms with Gasteiger partial charge in [-0.25, -0.2) is 0 Å². The second-order valence-corrected chi connectivity index (χ2v) is 7.45. The molecule has 6 heteroatoms. The number of fused-ring (bicyclic) bond motifs is 1. The molecule has 5 nitrogen and oxygen atoms in total. The fourth-order valence-electron chi connectivity index (χ4n) is 2.55. The maximum absolute atomic E-state index is 12.6. The molecule has 0 saturated heterocycles. The Kier molecular flexibility index (Phi) is 7.40. The molecule has 1 aromatic carbocycles. The number of aliphatic hydroxyl groups excluding tert-OH is 1. The Bertz CT molecular complexity index is 693. The van der Waals surface area contributed by atoms with Gasteiger partial charge in [-0.15, -0.1) is 0 Å². The van der Waals surface area contributed by atoms with E-state index >= 15 is 0 Å². The highest BCUT2D eigenvalue weighted by Gasteiger charge is 2.20. The molecule has 1 unspecified atom stereocenters. The first-order valence-corrected chi connectivity index (χ1v) is 9.69. The molecule has 0 spiro atoms. The molecule has 1 aromatic rings. The molecule has 0 radical (unpaired) electrons. The summed E-state index contributed by atoms with van der Waals surface area (Å²) in [6, 6.07) is 3.56. The lowest BCUT2D eigenvalue weighted by Gasteiger charge is -2.09. The van der Waals surface area contributed by atoms with Gasteiger partial charge in [-0.2, -0.15) is 0 Å². The molecular formula is C19H24O5S. The molecule has 0 aromatic heterocycles. The monoisotopic (exact) mass is 364 g/mol. The van der Waals surface area contributed by atoms with Gasteiger partial charge in [0, 0.05) is 29.2 Å². The topological polar surface area (TPSA) is 72.8 Å². The van der Waals surface area contributed by atoms with Crippen LogP contribution >= 0.6 is 0 Å². The van der Waals surface area contributed by atoms with Crippen molar-refractivity contribution in [1.29, 1.82) is 0 Å². The SMILES string of the molecule is C=C(/C=C\CCC(=O)c1cc2c(cc1CCCO)OCO2)S(=O)CC. The Morgan fingerprint density at radius 1 is 1.36 bits per heavy atom. The second-order valence-electron chi connectivity index (χ2n) is 5.65. The van der Waals surface area contributed by atoms with Crippen LogP contribution in [0, 0.1) is 0 Å². The average molecular weight is 364 g/mol. The molecule has 1 atom stereocenters. The van der Waals surface area contributed by atoms with Crippen LogP contribution < -0.4 is 9.47 Å². The van der Waals surface area contributed by atoms with Crippen LogP contribution in [0.3, 0.4) is 0 Å². The van der Waals surface area contributed by atoms with Crippen LogP contribution in [-0.4, -0.2) is 34.3 Å². The van der Waals surface area contributed by atoms with Crippen LogP contribution in [-0.2, 0) is 17.2 Å². The normalized spacial score (nSPS) is 14.0. The lowest BCUT2D eigenvalue weighted by Crippen LogP contribution is -2.05. The van der Waals surface area contributed by atoms with Crippen molar-refractivity contribution in [2.45, 2.75) is 32.6 Å². The smallest absolute Gasteiger partial charge is 0.231 e. The summed E-state index contributed by atoms with van der Waals surface area (Å²) in [6.07, 6.45) is 5.63. The van der Waals surface area contributed by atoms with Gasteiger partial charge in [0.25, 0.3) is 0 Å². The van der Waals surface area contributed by atoms with E-state index in [9.17, 15) is 9.00 Å². The number of carbonyl (C=O) groups is 1. The predicted molar refractivity (Wildman–Crippen MR) is 98.5 cm³/mol. The van der Waals surface area contributed by atoms with Crippen LogP contribution in [0.4, 0.5) is 0 Å². The summed E-state index contributed by atoms with van der Waals surface area (Å²) in [7, 11) is -1.05. The van der Waals surface area contributed by atoms with Crippen molar-refractivity contribution in [3.63, 3.8) is 0 Å². The zero-order valence-corrected chi connectivity index (χ0v) is 15.3. The number of benzene rings is 1. The summed E-state index contributed by atoms with van der Waals surface area (Å²) in [4.78, 5) is 13.2. The van der Waals surface area contributed by atoms with Crippen LogP contribution in [0.2, 0.25) is 0 Å². The molecule has 1 heterocycles. The molecule has 25 heavy (non-hydrogen) atoms. The van der Waals surface area contributed by atoms with Gasteiger partial charge in [0.05, 0.1) is 10.8 Å². The number of aryl methyl sites for hydroxylation is 1. The molecule has 2 rings (SSSR count). The highest BCUT2D eigenvalue weighted by molar-refractivity contribution is 7.89. The van der Waals surface area contributed by atoms with Gasteiger partial charge in [0.2, 0.25) is 6.79 Å². The molecule has 0 aliphatic carbocycles. The fourth-order valence-corrected chi connectivity index (χ4v) is 3.16. The van der Waals surface area contributed by atoms with Crippen LogP contribution in [0.1, 0.15) is 42.1 Å². The first kappa shape index (κ1) is 19.4. The quantitative estimate of drug-likeness (QED) is 0.510. The minimum Gasteiger partial charge on any atom is -0.454 e. The Morgan fingerprint density at radius 2 is 2.08 bits per heavy atom. The maximum atomic E-state index is 12.6. The van der Waals surface area contributed by atoms with E-state index in [1.807, 2.05) is 19.1 Å². The van der Waals surface area contributed by atoms with Crippen LogP contribution in [0.5, 0.6) is 11.5 Å². The van der Waals surface area contributed by atoms with Crippen LogP contribution in [0.25, 0.3) is 0 Å². The summed E-state index contributed by atoms with van der Waals surface area (Å²) in [5.41, 5.74) is 1.48. The van der Waals surface area contributed by atoms with Gasteiger partial charge in [-0.1, -0.05) is 25.7 Å². The van der Waals surface area contributed by atoms with Crippen LogP contribution in [0.15, 0.2) is 35.8 Å². The van der Waals surface area contributed by atoms with Crippen molar-refractivity contribution in [3.05, 3.63) is 46.9 Å². The summed E-state index contributed by atoms with van der Waals surface area (Å²) in [5, 5.41) is 9.06. The number of hydrogen-bond acceptors (Lipinski definition) is 5. The highest BCUT2D eigenvalue weighted by Crippen LogP contribution is 2.35. The first-order valence-electron chi connectivity index (χ1n) is 8.37. The third kappa shape index (κ3) is 5.28. The largest absolute Gasteiger partial charge is 0.454 e. The number of carbonyl (C=O) groups excluding carboxylic acids is 1. The zero-order chi connectivity index (χ0) is 18.2. The summed E-state index contributed by atoms with van der Waals surface area (Å²) in [6.45, 7) is 5.83. The third-order valence-corrected chi connectivity index (χ3v) is 5.14. The third-order valence-electron chi connectivity index (χ3n) is 3.90. The minimum atomic E-state index is -1.05. The number of hydrogen-bond donors (Lipinski definition) is 1. The molecule has 0 saturated carbocycles. The number of rotatable bonds is 10. The van der Waals surface area contributed by atoms with E-state index in [2.05, 4.69) is 6.58 Å². The predicted octanol–water partition coefficient (Wildman–Crippen LogP) is 3.14. The highest BCUT2D eigenvalue weighted by atomic mass is 32.2. The molecule has 0 fully saturated rings. The van der Waals surface area contributed by atoms with Crippen molar-refractivity contribution < 1.29 is 23.6 Å². The number of allylic oxidation sites excluding steroid dienone is 2. The molecule has 1 N–H and O–H groups in total. The standard InChI is InChI=1S/C19H24O5S/c1-3-25(22)14(2)7-4-5-9-17(21)16-12-19-18(23-13-24-19)11-15(16)8-6-10-20/h4,7,11-12,20H,2-3,5-6,8-10,13H2,1H3/b7-4-. The van der Waals surface area contributed by atoms with E-state index in [4.69, 9.17) is 14.6 Å². The van der Waals surface area contributed by atoms with Gasteiger partial charge in [0.15, 0.2) is 17.3 Å². The Labute approximate surface area is 150 Å². The minimum absolute atomic E-state index is 0.0121. The number of Topliss-reactive ketones (excluding diaryl/α,β-unsaturated/α-hetero) is 1. The number of ketones is 1. The van der Waals surface area contributed by atoms with Gasteiger partial charge in [0.1, 0.15) is 0 Å². The molecule has 0 bridgehead atoms. The van der Waals surface area contributed by atoms with E-state index in [0.717, 1.165) is 5.56 Å². The van der Waals surface area contributed by atoms with Crippen molar-refractivity contribution in [3.8, 4) is 11.5 Å². The van der Waals surface area contributed by atoms with E-state index in [1.165, 1.54) is 0 Å². The molecule has 136 valence electrons. The Hall–Kier alpha value is -1.92. The molecule has 1 aliphatic heterocycles. The average Bonchev–Trinajstić information content (AvgIpc) is 3.08. The lowest BCUT2D eigenvalue weighted by atomic mass is 9.96. The van der Waals surface area contributed by atoms with E-state index in [-0.39, 0.29) is 19.2 Å². The van der Waals surface area contributed by atoms with E-state index < -0.39 is 10.8 Å². The van der Waals surface area contributed by atoms with Gasteiger partial charge >= 0.3 is 0 Å². The molecule has 0 amide bonds. The maximum Gasteiger partial charge on any atom is 0.231 e. The lowest BCUT2D eigenvalue weighted by molar-refractivity contribution is 0.0982. The summed E-state index contributed by atoms with van der Waals surface area (Å²) >= 11 is 0. The Morgan fingerprint density at radius 3 is 2.76 bits per heavy atom. The number of ether oxygens (including phenoxy) is 2. The van der Waals surface area contributed by atoms with Crippen molar-refractivity contribution >= 4 is 16.6 Å². The first-order chi connectivity index (χ1) is 12.1. The summed E-state index contributed by atoms with van der Waals surface area (Å²) < 4.78 is 22.3. The van der Waals surface area contributed by atoms with Crippen molar-refractivity contribution in [2.24, 2.45) is 0 Å². The summed E-state index contributed by atoms with van der Waals surface area (Å²) in [5.74, 6) is 1.77. The molecular weight excluding hydrogens is 340 g/mol. The van der Waals surface area contributed by atoms with E-state index in [1.54, 1.807) is 12.1 Å². The Balaban J connectivity index is 2.04. The van der Waals surface area contributed by atoms with Crippen molar-refractivity contribution in [1.82, 2.24) is 0 Å².